The van der Waals surface area contributed by atoms with Crippen LogP contribution >= 0.6 is 11.3 Å². The summed E-state index contributed by atoms with van der Waals surface area (Å²) in [5.41, 5.74) is 1.05. The van der Waals surface area contributed by atoms with Gasteiger partial charge in [-0.15, -0.1) is 11.3 Å². The molecule has 1 fully saturated rings. The van der Waals surface area contributed by atoms with E-state index >= 15 is 0 Å². The SMILES string of the molecule is Cc1cc(C(=O)N2CC(=O)NC(=O)C2)sc1C. The highest BCUT2D eigenvalue weighted by Crippen LogP contribution is 2.22. The lowest BCUT2D eigenvalue weighted by Crippen LogP contribution is -2.53. The van der Waals surface area contributed by atoms with Crippen molar-refractivity contribution in [3.05, 3.63) is 21.4 Å². The van der Waals surface area contributed by atoms with Crippen molar-refractivity contribution in [2.75, 3.05) is 13.1 Å². The first kappa shape index (κ1) is 11.8. The first-order valence-corrected chi connectivity index (χ1v) is 5.98. The number of piperazine rings is 1. The Morgan fingerprint density at radius 3 is 2.35 bits per heavy atom. The summed E-state index contributed by atoms with van der Waals surface area (Å²) in [6.45, 7) is 3.75. The molecule has 0 aliphatic carbocycles. The lowest BCUT2D eigenvalue weighted by Gasteiger charge is -2.24. The van der Waals surface area contributed by atoms with Crippen molar-refractivity contribution in [2.24, 2.45) is 0 Å². The molecule has 17 heavy (non-hydrogen) atoms. The average molecular weight is 252 g/mol. The molecule has 1 saturated heterocycles. The minimum Gasteiger partial charge on any atom is -0.319 e. The number of thiophene rings is 1. The second kappa shape index (κ2) is 4.29. The zero-order valence-corrected chi connectivity index (χ0v) is 10.4. The highest BCUT2D eigenvalue weighted by molar-refractivity contribution is 7.14. The van der Waals surface area contributed by atoms with Crippen LogP contribution in [-0.2, 0) is 9.59 Å². The molecule has 3 amide bonds. The molecule has 5 nitrogen and oxygen atoms in total. The van der Waals surface area contributed by atoms with Crippen LogP contribution in [0.15, 0.2) is 6.07 Å². The van der Waals surface area contributed by atoms with Crippen LogP contribution in [0.4, 0.5) is 0 Å². The number of carbonyl (C=O) groups is 3. The summed E-state index contributed by atoms with van der Waals surface area (Å²) in [7, 11) is 0. The first-order valence-electron chi connectivity index (χ1n) is 5.16. The lowest BCUT2D eigenvalue weighted by molar-refractivity contribution is -0.135. The van der Waals surface area contributed by atoms with E-state index in [9.17, 15) is 14.4 Å². The van der Waals surface area contributed by atoms with Gasteiger partial charge in [-0.25, -0.2) is 0 Å². The minimum atomic E-state index is -0.431. The number of rotatable bonds is 1. The molecule has 6 heteroatoms. The number of carbonyl (C=O) groups excluding carboxylic acids is 3. The monoisotopic (exact) mass is 252 g/mol. The zero-order valence-electron chi connectivity index (χ0n) is 9.57. The normalized spacial score (nSPS) is 16.0. The van der Waals surface area contributed by atoms with E-state index in [1.54, 1.807) is 6.07 Å². The molecule has 0 unspecified atom stereocenters. The molecule has 2 heterocycles. The van der Waals surface area contributed by atoms with Crippen LogP contribution in [-0.4, -0.2) is 35.7 Å². The topological polar surface area (TPSA) is 66.5 Å². The Labute approximate surface area is 102 Å². The van der Waals surface area contributed by atoms with Gasteiger partial charge in [-0.2, -0.15) is 0 Å². The highest BCUT2D eigenvalue weighted by Gasteiger charge is 2.27. The smallest absolute Gasteiger partial charge is 0.264 e. The first-order chi connectivity index (χ1) is 7.97. The number of amides is 3. The van der Waals surface area contributed by atoms with Crippen molar-refractivity contribution >= 4 is 29.1 Å². The van der Waals surface area contributed by atoms with Crippen LogP contribution in [0.2, 0.25) is 0 Å². The molecular weight excluding hydrogens is 240 g/mol. The van der Waals surface area contributed by atoms with Gasteiger partial charge in [-0.3, -0.25) is 19.7 Å². The van der Waals surface area contributed by atoms with E-state index in [0.717, 1.165) is 10.4 Å². The number of hydrogen-bond donors (Lipinski definition) is 1. The fourth-order valence-corrected chi connectivity index (χ4v) is 2.62. The summed E-state index contributed by atoms with van der Waals surface area (Å²) in [6.07, 6.45) is 0. The van der Waals surface area contributed by atoms with Crippen molar-refractivity contribution < 1.29 is 14.4 Å². The van der Waals surface area contributed by atoms with Gasteiger partial charge < -0.3 is 4.90 Å². The second-order valence-corrected chi connectivity index (χ2v) is 5.24. The van der Waals surface area contributed by atoms with Crippen molar-refractivity contribution in [3.63, 3.8) is 0 Å². The van der Waals surface area contributed by atoms with E-state index in [4.69, 9.17) is 0 Å². The molecule has 0 spiro atoms. The van der Waals surface area contributed by atoms with Gasteiger partial charge in [0.1, 0.15) is 13.1 Å². The summed E-state index contributed by atoms with van der Waals surface area (Å²) in [6, 6.07) is 1.79. The molecule has 0 radical (unpaired) electrons. The Bertz CT molecular complexity index is 471. The van der Waals surface area contributed by atoms with E-state index in [-0.39, 0.29) is 19.0 Å². The molecule has 1 aromatic heterocycles. The average Bonchev–Trinajstić information content (AvgIpc) is 2.57. The Hall–Kier alpha value is -1.69. The van der Waals surface area contributed by atoms with E-state index in [1.807, 2.05) is 13.8 Å². The van der Waals surface area contributed by atoms with Gasteiger partial charge in [-0.1, -0.05) is 0 Å². The van der Waals surface area contributed by atoms with Crippen molar-refractivity contribution in [2.45, 2.75) is 13.8 Å². The maximum absolute atomic E-state index is 12.1. The largest absolute Gasteiger partial charge is 0.319 e. The quantitative estimate of drug-likeness (QED) is 0.739. The molecule has 0 saturated carbocycles. The maximum atomic E-state index is 12.1. The third kappa shape index (κ3) is 2.36. The maximum Gasteiger partial charge on any atom is 0.264 e. The van der Waals surface area contributed by atoms with E-state index in [2.05, 4.69) is 5.32 Å². The van der Waals surface area contributed by atoms with Gasteiger partial charge in [-0.05, 0) is 25.5 Å². The lowest BCUT2D eigenvalue weighted by atomic mass is 10.2. The van der Waals surface area contributed by atoms with Gasteiger partial charge >= 0.3 is 0 Å². The van der Waals surface area contributed by atoms with Gasteiger partial charge in [0.15, 0.2) is 0 Å². The van der Waals surface area contributed by atoms with Crippen LogP contribution in [0, 0.1) is 13.8 Å². The fraction of sp³-hybridized carbons (Fsp3) is 0.364. The third-order valence-electron chi connectivity index (χ3n) is 2.61. The Kier molecular flexibility index (Phi) is 2.97. The Morgan fingerprint density at radius 2 is 1.88 bits per heavy atom. The molecule has 2 rings (SSSR count). The number of hydrogen-bond acceptors (Lipinski definition) is 4. The zero-order chi connectivity index (χ0) is 12.6. The second-order valence-electron chi connectivity index (χ2n) is 3.98. The fourth-order valence-electron chi connectivity index (χ4n) is 1.62. The van der Waals surface area contributed by atoms with E-state index in [0.29, 0.717) is 4.88 Å². The molecule has 1 aliphatic heterocycles. The van der Waals surface area contributed by atoms with Gasteiger partial charge in [0, 0.05) is 4.88 Å². The van der Waals surface area contributed by atoms with Crippen molar-refractivity contribution in [1.82, 2.24) is 10.2 Å². The van der Waals surface area contributed by atoms with E-state index < -0.39 is 11.8 Å². The van der Waals surface area contributed by atoms with Gasteiger partial charge in [0.25, 0.3) is 5.91 Å². The minimum absolute atomic E-state index is 0.0550. The molecule has 1 N–H and O–H groups in total. The van der Waals surface area contributed by atoms with Crippen LogP contribution < -0.4 is 5.32 Å². The molecular formula is C11H12N2O3S. The van der Waals surface area contributed by atoms with Crippen LogP contribution in [0.1, 0.15) is 20.1 Å². The number of imide groups is 1. The summed E-state index contributed by atoms with van der Waals surface area (Å²) in [5, 5.41) is 2.16. The number of aryl methyl sites for hydroxylation is 2. The predicted molar refractivity (Wildman–Crippen MR) is 62.8 cm³/mol. The summed E-state index contributed by atoms with van der Waals surface area (Å²) in [5.74, 6) is -1.12. The molecule has 0 atom stereocenters. The number of nitrogens with zero attached hydrogens (tertiary/aromatic N) is 1. The summed E-state index contributed by atoms with van der Waals surface area (Å²) < 4.78 is 0. The third-order valence-corrected chi connectivity index (χ3v) is 3.75. The summed E-state index contributed by atoms with van der Waals surface area (Å²) in [4.78, 5) is 37.3. The standard InChI is InChI=1S/C11H12N2O3S/c1-6-3-8(17-7(6)2)11(16)13-4-9(14)12-10(15)5-13/h3H,4-5H2,1-2H3,(H,12,14,15). The highest BCUT2D eigenvalue weighted by atomic mass is 32.1. The molecule has 1 aliphatic rings. The molecule has 0 bridgehead atoms. The van der Waals surface area contributed by atoms with Gasteiger partial charge in [0.05, 0.1) is 4.88 Å². The molecule has 1 aromatic rings. The molecule has 90 valence electrons. The van der Waals surface area contributed by atoms with Gasteiger partial charge in [0.2, 0.25) is 11.8 Å². The Balaban J connectivity index is 2.19. The Morgan fingerprint density at radius 1 is 1.29 bits per heavy atom. The van der Waals surface area contributed by atoms with E-state index in [1.165, 1.54) is 16.2 Å². The van der Waals surface area contributed by atoms with Crippen LogP contribution in [0.5, 0.6) is 0 Å². The predicted octanol–water partition coefficient (Wildman–Crippen LogP) is 0.464. The van der Waals surface area contributed by atoms with Crippen LogP contribution in [0.25, 0.3) is 0 Å². The molecule has 0 aromatic carbocycles. The number of nitrogens with one attached hydrogen (secondary N) is 1. The van der Waals surface area contributed by atoms with Crippen LogP contribution in [0.3, 0.4) is 0 Å². The summed E-state index contributed by atoms with van der Waals surface area (Å²) >= 11 is 1.38. The van der Waals surface area contributed by atoms with Crippen molar-refractivity contribution in [3.8, 4) is 0 Å². The van der Waals surface area contributed by atoms with Crippen molar-refractivity contribution in [1.29, 1.82) is 0 Å².